The normalized spacial score (nSPS) is 14.7. The molecule has 9 heteroatoms. The van der Waals surface area contributed by atoms with Crippen LogP contribution in [0.5, 0.6) is 11.5 Å². The Hall–Kier alpha value is -3.82. The quantitative estimate of drug-likeness (QED) is 0.237. The molecular weight excluding hydrogens is 424 g/mol. The molecule has 9 nitrogen and oxygen atoms in total. The predicted molar refractivity (Wildman–Crippen MR) is 125 cm³/mol. The van der Waals surface area contributed by atoms with Gasteiger partial charge in [0.1, 0.15) is 30.8 Å². The summed E-state index contributed by atoms with van der Waals surface area (Å²) in [6.07, 6.45) is 0.866. The summed E-state index contributed by atoms with van der Waals surface area (Å²) in [6.45, 7) is 3.18. The van der Waals surface area contributed by atoms with Crippen molar-refractivity contribution in [1.82, 2.24) is 15.3 Å². The zero-order chi connectivity index (χ0) is 23.2. The number of aromatic nitrogens is 2. The molecule has 5 N–H and O–H groups in total. The van der Waals surface area contributed by atoms with Gasteiger partial charge in [0.2, 0.25) is 0 Å². The van der Waals surface area contributed by atoms with Crippen molar-refractivity contribution in [1.29, 1.82) is 0 Å². The summed E-state index contributed by atoms with van der Waals surface area (Å²) in [6, 6.07) is 14.8. The fourth-order valence-corrected chi connectivity index (χ4v) is 3.52. The highest BCUT2D eigenvalue weighted by Gasteiger charge is 2.28. The highest BCUT2D eigenvalue weighted by Crippen LogP contribution is 2.39. The van der Waals surface area contributed by atoms with Crippen molar-refractivity contribution in [2.24, 2.45) is 0 Å². The first-order chi connectivity index (χ1) is 16.0. The number of hydrogen-bond donors (Lipinski definition) is 5. The summed E-state index contributed by atoms with van der Waals surface area (Å²) in [7, 11) is 0. The number of carbonyl (C=O) groups is 1. The molecule has 0 saturated heterocycles. The Morgan fingerprint density at radius 1 is 1.06 bits per heavy atom. The van der Waals surface area contributed by atoms with Gasteiger partial charge in [-0.1, -0.05) is 24.3 Å². The first-order valence-corrected chi connectivity index (χ1v) is 10.7. The number of aliphatic hydroxyl groups excluding tert-OH is 1. The van der Waals surface area contributed by atoms with Crippen LogP contribution >= 0.6 is 0 Å². The van der Waals surface area contributed by atoms with E-state index < -0.39 is 6.10 Å². The van der Waals surface area contributed by atoms with E-state index in [9.17, 15) is 14.7 Å². The molecule has 3 aromatic rings. The van der Waals surface area contributed by atoms with Gasteiger partial charge in [0.05, 0.1) is 22.5 Å². The minimum atomic E-state index is -0.752. The third-order valence-corrected chi connectivity index (χ3v) is 5.13. The number of anilines is 1. The number of para-hydroxylation sites is 1. The molecule has 1 aliphatic heterocycles. The molecule has 1 amide bonds. The topological polar surface area (TPSA) is 128 Å². The third-order valence-electron chi connectivity index (χ3n) is 5.13. The molecule has 2 aromatic carbocycles. The summed E-state index contributed by atoms with van der Waals surface area (Å²) in [5.41, 5.74) is 2.40. The highest BCUT2D eigenvalue weighted by molar-refractivity contribution is 6.35. The lowest BCUT2D eigenvalue weighted by Gasteiger charge is -2.15. The Kier molecular flexibility index (Phi) is 6.92. The Morgan fingerprint density at radius 3 is 2.64 bits per heavy atom. The number of carbonyl (C=O) groups excluding carboxylic acids is 1. The number of rotatable bonds is 10. The Balaban J connectivity index is 1.34. The average molecular weight is 450 g/mol. The number of nitrogens with one attached hydrogen (secondary N) is 4. The van der Waals surface area contributed by atoms with Crippen molar-refractivity contribution in [2.45, 2.75) is 13.0 Å². The van der Waals surface area contributed by atoms with Crippen molar-refractivity contribution in [3.8, 4) is 11.5 Å². The number of fused-ring (bicyclic) bond motifs is 1. The molecule has 1 atom stereocenters. The number of ether oxygens (including phenoxy) is 2. The Bertz CT molecular complexity index is 1200. The standard InChI is InChI=1S/C24H26N4O5/c1-15-20(28-24(31)26-15)12-18-22-19(27-23(18)30)8-5-9-21(22)33-14-16(29)13-25-10-11-32-17-6-3-2-4-7-17/h2-9,12,16,25,29H,10-11,13-14H2,1H3,(H,27,30)(H2,26,28,31). The number of aromatic amines is 2. The van der Waals surface area contributed by atoms with Crippen LogP contribution < -0.4 is 25.8 Å². The first-order valence-electron chi connectivity index (χ1n) is 10.7. The summed E-state index contributed by atoms with van der Waals surface area (Å²) in [5, 5.41) is 16.2. The minimum Gasteiger partial charge on any atom is -0.492 e. The van der Waals surface area contributed by atoms with Crippen LogP contribution in [0.15, 0.2) is 53.3 Å². The number of aliphatic hydroxyl groups is 1. The summed E-state index contributed by atoms with van der Waals surface area (Å²) in [5.74, 6) is 0.981. The number of benzene rings is 2. The molecule has 0 fully saturated rings. The lowest BCUT2D eigenvalue weighted by Crippen LogP contribution is -2.33. The third kappa shape index (κ3) is 5.51. The van der Waals surface area contributed by atoms with Crippen LogP contribution in [0.1, 0.15) is 17.0 Å². The number of H-pyrrole nitrogens is 2. The van der Waals surface area contributed by atoms with E-state index in [0.29, 0.717) is 53.7 Å². The summed E-state index contributed by atoms with van der Waals surface area (Å²) in [4.78, 5) is 29.4. The fraction of sp³-hybridized carbons (Fsp3) is 0.250. The molecule has 1 aromatic heterocycles. The number of aryl methyl sites for hydroxylation is 1. The Labute approximate surface area is 190 Å². The maximum absolute atomic E-state index is 12.5. The van der Waals surface area contributed by atoms with Gasteiger partial charge in [-0.2, -0.15) is 0 Å². The van der Waals surface area contributed by atoms with Crippen molar-refractivity contribution >= 4 is 23.2 Å². The molecule has 172 valence electrons. The second-order valence-electron chi connectivity index (χ2n) is 7.64. The SMILES string of the molecule is Cc1[nH]c(=O)[nH]c1C=C1C(=O)Nc2cccc(OCC(O)CNCCOc3ccccc3)c21. The van der Waals surface area contributed by atoms with Crippen LogP contribution in [-0.4, -0.2) is 53.4 Å². The zero-order valence-electron chi connectivity index (χ0n) is 18.2. The van der Waals surface area contributed by atoms with Gasteiger partial charge < -0.3 is 35.2 Å². The number of imidazole rings is 1. The average Bonchev–Trinajstić information content (AvgIpc) is 3.30. The molecule has 0 bridgehead atoms. The van der Waals surface area contributed by atoms with E-state index in [-0.39, 0.29) is 18.2 Å². The summed E-state index contributed by atoms with van der Waals surface area (Å²) >= 11 is 0. The van der Waals surface area contributed by atoms with E-state index in [1.807, 2.05) is 30.3 Å². The van der Waals surface area contributed by atoms with Gasteiger partial charge in [-0.15, -0.1) is 0 Å². The monoisotopic (exact) mass is 450 g/mol. The molecule has 33 heavy (non-hydrogen) atoms. The lowest BCUT2D eigenvalue weighted by molar-refractivity contribution is -0.110. The van der Waals surface area contributed by atoms with Crippen molar-refractivity contribution in [3.05, 3.63) is 76.0 Å². The minimum absolute atomic E-state index is 0.0461. The molecule has 0 aliphatic carbocycles. The van der Waals surface area contributed by atoms with Crippen LogP contribution in [0.4, 0.5) is 5.69 Å². The molecule has 1 unspecified atom stereocenters. The van der Waals surface area contributed by atoms with Gasteiger partial charge in [0.15, 0.2) is 0 Å². The van der Waals surface area contributed by atoms with Crippen LogP contribution in [0.25, 0.3) is 11.6 Å². The van der Waals surface area contributed by atoms with E-state index in [4.69, 9.17) is 9.47 Å². The molecule has 0 spiro atoms. The second-order valence-corrected chi connectivity index (χ2v) is 7.64. The number of hydrogen-bond acceptors (Lipinski definition) is 6. The molecule has 1 aliphatic rings. The Morgan fingerprint density at radius 2 is 1.88 bits per heavy atom. The van der Waals surface area contributed by atoms with E-state index >= 15 is 0 Å². The molecule has 0 saturated carbocycles. The van der Waals surface area contributed by atoms with Crippen LogP contribution in [-0.2, 0) is 4.79 Å². The summed E-state index contributed by atoms with van der Waals surface area (Å²) < 4.78 is 11.5. The second kappa shape index (κ2) is 10.2. The number of amides is 1. The fourth-order valence-electron chi connectivity index (χ4n) is 3.52. The lowest BCUT2D eigenvalue weighted by atomic mass is 10.0. The first kappa shape index (κ1) is 22.4. The van der Waals surface area contributed by atoms with Crippen LogP contribution in [0.2, 0.25) is 0 Å². The van der Waals surface area contributed by atoms with Crippen molar-refractivity contribution in [2.75, 3.05) is 31.6 Å². The van der Waals surface area contributed by atoms with E-state index in [0.717, 1.165) is 5.75 Å². The van der Waals surface area contributed by atoms with Crippen molar-refractivity contribution in [3.63, 3.8) is 0 Å². The van der Waals surface area contributed by atoms with Gasteiger partial charge >= 0.3 is 5.69 Å². The molecule has 0 radical (unpaired) electrons. The molecule has 4 rings (SSSR count). The maximum Gasteiger partial charge on any atom is 0.323 e. The zero-order valence-corrected chi connectivity index (χ0v) is 18.2. The smallest absolute Gasteiger partial charge is 0.323 e. The van der Waals surface area contributed by atoms with Gasteiger partial charge in [0.25, 0.3) is 5.91 Å². The van der Waals surface area contributed by atoms with E-state index in [2.05, 4.69) is 20.6 Å². The van der Waals surface area contributed by atoms with Crippen LogP contribution in [0.3, 0.4) is 0 Å². The highest BCUT2D eigenvalue weighted by atomic mass is 16.5. The molecule has 2 heterocycles. The largest absolute Gasteiger partial charge is 0.492 e. The van der Waals surface area contributed by atoms with Crippen LogP contribution in [0, 0.1) is 6.92 Å². The van der Waals surface area contributed by atoms with Gasteiger partial charge in [-0.05, 0) is 37.3 Å². The molecular formula is C24H26N4O5. The predicted octanol–water partition coefficient (Wildman–Crippen LogP) is 1.91. The van der Waals surface area contributed by atoms with E-state index in [1.165, 1.54) is 0 Å². The van der Waals surface area contributed by atoms with Gasteiger partial charge in [-0.25, -0.2) is 4.79 Å². The maximum atomic E-state index is 12.5. The van der Waals surface area contributed by atoms with E-state index in [1.54, 1.807) is 31.2 Å². The van der Waals surface area contributed by atoms with Gasteiger partial charge in [0, 0.05) is 18.8 Å². The van der Waals surface area contributed by atoms with Gasteiger partial charge in [-0.3, -0.25) is 4.79 Å². The van der Waals surface area contributed by atoms with Crippen molar-refractivity contribution < 1.29 is 19.4 Å².